The summed E-state index contributed by atoms with van der Waals surface area (Å²) in [5.74, 6) is 0.304. The van der Waals surface area contributed by atoms with Crippen LogP contribution in [0.5, 0.6) is 5.75 Å². The molecule has 152 valence electrons. The van der Waals surface area contributed by atoms with Gasteiger partial charge >= 0.3 is 12.0 Å². The van der Waals surface area contributed by atoms with Gasteiger partial charge in [-0.3, -0.25) is 4.90 Å². The SMILES string of the molecule is CCOC(=O)C1=C(CN2CCOCC2)NC(=O)NC1c1ccc(OCC)cc1. The van der Waals surface area contributed by atoms with Crippen LogP contribution >= 0.6 is 0 Å². The lowest BCUT2D eigenvalue weighted by Gasteiger charge is -2.33. The van der Waals surface area contributed by atoms with Gasteiger partial charge in [0.25, 0.3) is 0 Å². The van der Waals surface area contributed by atoms with Crippen LogP contribution < -0.4 is 15.4 Å². The molecule has 8 heteroatoms. The summed E-state index contributed by atoms with van der Waals surface area (Å²) in [6, 6.07) is 6.45. The van der Waals surface area contributed by atoms with Gasteiger partial charge in [0.05, 0.1) is 38.0 Å². The van der Waals surface area contributed by atoms with Gasteiger partial charge in [-0.1, -0.05) is 12.1 Å². The molecule has 0 spiro atoms. The number of rotatable bonds is 7. The van der Waals surface area contributed by atoms with E-state index in [9.17, 15) is 9.59 Å². The lowest BCUT2D eigenvalue weighted by atomic mass is 9.95. The fourth-order valence-corrected chi connectivity index (χ4v) is 3.35. The molecular formula is C20H27N3O5. The zero-order chi connectivity index (χ0) is 19.9. The molecular weight excluding hydrogens is 362 g/mol. The van der Waals surface area contributed by atoms with E-state index in [1.54, 1.807) is 6.92 Å². The van der Waals surface area contributed by atoms with Crippen LogP contribution in [0.15, 0.2) is 35.5 Å². The molecule has 2 heterocycles. The van der Waals surface area contributed by atoms with Gasteiger partial charge in [0.1, 0.15) is 5.75 Å². The van der Waals surface area contributed by atoms with E-state index in [0.29, 0.717) is 37.6 Å². The minimum atomic E-state index is -0.584. The maximum absolute atomic E-state index is 12.8. The van der Waals surface area contributed by atoms with Crippen LogP contribution in [0.2, 0.25) is 0 Å². The van der Waals surface area contributed by atoms with Crippen molar-refractivity contribution in [2.45, 2.75) is 19.9 Å². The second kappa shape index (κ2) is 9.57. The van der Waals surface area contributed by atoms with E-state index in [2.05, 4.69) is 15.5 Å². The molecule has 8 nitrogen and oxygen atoms in total. The third kappa shape index (κ3) is 4.82. The standard InChI is InChI=1S/C20H27N3O5/c1-3-27-15-7-5-14(6-8-15)18-17(19(24)28-4-2)16(21-20(25)22-18)13-23-9-11-26-12-10-23/h5-8,18H,3-4,9-13H2,1-2H3,(H2,21,22,25). The van der Waals surface area contributed by atoms with E-state index in [4.69, 9.17) is 14.2 Å². The van der Waals surface area contributed by atoms with Crippen molar-refractivity contribution < 1.29 is 23.8 Å². The number of nitrogens with zero attached hydrogens (tertiary/aromatic N) is 1. The average Bonchev–Trinajstić information content (AvgIpc) is 2.69. The second-order valence-electron chi connectivity index (χ2n) is 6.53. The van der Waals surface area contributed by atoms with E-state index in [1.165, 1.54) is 0 Å². The highest BCUT2D eigenvalue weighted by atomic mass is 16.5. The summed E-state index contributed by atoms with van der Waals surface area (Å²) in [6.45, 7) is 7.73. The second-order valence-corrected chi connectivity index (χ2v) is 6.53. The lowest BCUT2D eigenvalue weighted by molar-refractivity contribution is -0.139. The maximum Gasteiger partial charge on any atom is 0.338 e. The number of nitrogens with one attached hydrogen (secondary N) is 2. The average molecular weight is 389 g/mol. The van der Waals surface area contributed by atoms with Crippen LogP contribution in [-0.4, -0.2) is 63.0 Å². The number of hydrogen-bond acceptors (Lipinski definition) is 6. The molecule has 1 saturated heterocycles. The van der Waals surface area contributed by atoms with Gasteiger partial charge < -0.3 is 24.8 Å². The molecule has 2 aliphatic rings. The van der Waals surface area contributed by atoms with Gasteiger partial charge in [0.2, 0.25) is 0 Å². The molecule has 1 aromatic rings. The Morgan fingerprint density at radius 2 is 1.89 bits per heavy atom. The van der Waals surface area contributed by atoms with Crippen molar-refractivity contribution >= 4 is 12.0 Å². The predicted molar refractivity (Wildman–Crippen MR) is 103 cm³/mol. The topological polar surface area (TPSA) is 89.1 Å². The molecule has 0 radical (unpaired) electrons. The minimum Gasteiger partial charge on any atom is -0.494 e. The lowest BCUT2D eigenvalue weighted by Crippen LogP contribution is -2.49. The van der Waals surface area contributed by atoms with Crippen molar-refractivity contribution in [3.05, 3.63) is 41.1 Å². The first kappa shape index (κ1) is 20.2. The number of carbonyl (C=O) groups excluding carboxylic acids is 2. The molecule has 1 fully saturated rings. The highest BCUT2D eigenvalue weighted by Crippen LogP contribution is 2.29. The van der Waals surface area contributed by atoms with Crippen molar-refractivity contribution in [1.29, 1.82) is 0 Å². The van der Waals surface area contributed by atoms with Gasteiger partial charge in [-0.2, -0.15) is 0 Å². The normalized spacial score (nSPS) is 20.4. The van der Waals surface area contributed by atoms with E-state index in [1.807, 2.05) is 31.2 Å². The number of urea groups is 1. The van der Waals surface area contributed by atoms with E-state index < -0.39 is 12.0 Å². The Labute approximate surface area is 164 Å². The number of benzene rings is 1. The van der Waals surface area contributed by atoms with Crippen LogP contribution in [0.3, 0.4) is 0 Å². The van der Waals surface area contributed by atoms with Crippen LogP contribution in [0, 0.1) is 0 Å². The summed E-state index contributed by atoms with van der Waals surface area (Å²) in [6.07, 6.45) is 0. The Bertz CT molecular complexity index is 726. The van der Waals surface area contributed by atoms with Gasteiger partial charge in [-0.25, -0.2) is 9.59 Å². The summed E-state index contributed by atoms with van der Waals surface area (Å²) in [5.41, 5.74) is 1.79. The monoisotopic (exact) mass is 389 g/mol. The minimum absolute atomic E-state index is 0.261. The van der Waals surface area contributed by atoms with E-state index in [0.717, 1.165) is 24.4 Å². The summed E-state index contributed by atoms with van der Waals surface area (Å²) < 4.78 is 16.2. The first-order chi connectivity index (χ1) is 13.6. The molecule has 0 aliphatic carbocycles. The van der Waals surface area contributed by atoms with Crippen LogP contribution in [0.25, 0.3) is 0 Å². The number of ether oxygens (including phenoxy) is 3. The van der Waals surface area contributed by atoms with Crippen LogP contribution in [-0.2, 0) is 14.3 Å². The number of carbonyl (C=O) groups is 2. The van der Waals surface area contributed by atoms with Crippen molar-refractivity contribution in [2.24, 2.45) is 0 Å². The van der Waals surface area contributed by atoms with E-state index >= 15 is 0 Å². The van der Waals surface area contributed by atoms with Gasteiger partial charge in [0, 0.05) is 25.3 Å². The number of esters is 1. The molecule has 0 saturated carbocycles. The Kier molecular flexibility index (Phi) is 6.89. The van der Waals surface area contributed by atoms with E-state index in [-0.39, 0.29) is 12.6 Å². The highest BCUT2D eigenvalue weighted by Gasteiger charge is 2.34. The predicted octanol–water partition coefficient (Wildman–Crippen LogP) is 1.59. The smallest absolute Gasteiger partial charge is 0.338 e. The molecule has 0 aromatic heterocycles. The molecule has 1 unspecified atom stereocenters. The third-order valence-electron chi connectivity index (χ3n) is 4.66. The molecule has 2 amide bonds. The first-order valence-electron chi connectivity index (χ1n) is 9.63. The van der Waals surface area contributed by atoms with Gasteiger partial charge in [0.15, 0.2) is 0 Å². The number of morpholine rings is 1. The molecule has 0 bridgehead atoms. The summed E-state index contributed by atoms with van der Waals surface area (Å²) in [5, 5.41) is 5.65. The Morgan fingerprint density at radius 1 is 1.18 bits per heavy atom. The summed E-state index contributed by atoms with van der Waals surface area (Å²) >= 11 is 0. The largest absolute Gasteiger partial charge is 0.494 e. The number of amides is 2. The Hall–Kier alpha value is -2.58. The Morgan fingerprint density at radius 3 is 2.54 bits per heavy atom. The van der Waals surface area contributed by atoms with Crippen molar-refractivity contribution in [3.63, 3.8) is 0 Å². The molecule has 1 atom stereocenters. The quantitative estimate of drug-likeness (QED) is 0.689. The van der Waals surface area contributed by atoms with Crippen molar-refractivity contribution in [3.8, 4) is 5.75 Å². The number of hydrogen-bond donors (Lipinski definition) is 2. The highest BCUT2D eigenvalue weighted by molar-refractivity contribution is 5.95. The Balaban J connectivity index is 1.93. The fourth-order valence-electron chi connectivity index (χ4n) is 3.35. The van der Waals surface area contributed by atoms with Gasteiger partial charge in [-0.15, -0.1) is 0 Å². The molecule has 28 heavy (non-hydrogen) atoms. The third-order valence-corrected chi connectivity index (χ3v) is 4.66. The van der Waals surface area contributed by atoms with Crippen molar-refractivity contribution in [2.75, 3.05) is 46.1 Å². The van der Waals surface area contributed by atoms with Gasteiger partial charge in [-0.05, 0) is 31.5 Å². The van der Waals surface area contributed by atoms with Crippen LogP contribution in [0.1, 0.15) is 25.5 Å². The van der Waals surface area contributed by atoms with Crippen molar-refractivity contribution in [1.82, 2.24) is 15.5 Å². The van der Waals surface area contributed by atoms with Crippen LogP contribution in [0.4, 0.5) is 4.79 Å². The zero-order valence-corrected chi connectivity index (χ0v) is 16.3. The maximum atomic E-state index is 12.8. The first-order valence-corrected chi connectivity index (χ1v) is 9.63. The summed E-state index contributed by atoms with van der Waals surface area (Å²) in [4.78, 5) is 27.2. The molecule has 1 aromatic carbocycles. The molecule has 2 N–H and O–H groups in total. The molecule has 2 aliphatic heterocycles. The summed E-state index contributed by atoms with van der Waals surface area (Å²) in [7, 11) is 0. The molecule has 3 rings (SSSR count). The zero-order valence-electron chi connectivity index (χ0n) is 16.3. The fraction of sp³-hybridized carbons (Fsp3) is 0.500.